The highest BCUT2D eigenvalue weighted by Crippen LogP contribution is 2.33. The minimum Gasteiger partial charge on any atom is -0.290 e. The second-order valence-corrected chi connectivity index (χ2v) is 4.51. The maximum Gasteiger partial charge on any atom is 0.307 e. The van der Waals surface area contributed by atoms with Gasteiger partial charge in [0.2, 0.25) is 0 Å². The molecule has 3 nitrogen and oxygen atoms in total. The summed E-state index contributed by atoms with van der Waals surface area (Å²) in [7, 11) is 0. The van der Waals surface area contributed by atoms with Crippen molar-refractivity contribution in [2.24, 2.45) is 0 Å². The van der Waals surface area contributed by atoms with E-state index in [4.69, 9.17) is 0 Å². The molecule has 1 saturated heterocycles. The Morgan fingerprint density at radius 3 is 2.56 bits per heavy atom. The van der Waals surface area contributed by atoms with Crippen LogP contribution in [0, 0.1) is 0 Å². The minimum atomic E-state index is 0.0587. The van der Waals surface area contributed by atoms with E-state index in [0.29, 0.717) is 13.1 Å². The van der Waals surface area contributed by atoms with Gasteiger partial charge in [0.15, 0.2) is 0 Å². The first kappa shape index (κ1) is 11.1. The number of rotatable bonds is 3. The molecule has 0 spiro atoms. The summed E-state index contributed by atoms with van der Waals surface area (Å²) in [5, 5.41) is 0.0587. The zero-order valence-corrected chi connectivity index (χ0v) is 10.0. The first-order valence-corrected chi connectivity index (χ1v) is 5.99. The first-order chi connectivity index (χ1) is 7.72. The van der Waals surface area contributed by atoms with Crippen LogP contribution in [0.25, 0.3) is 0 Å². The van der Waals surface area contributed by atoms with E-state index in [1.54, 1.807) is 4.90 Å². The molecular formula is C12H14N2OS. The molecule has 0 atom stereocenters. The molecule has 1 aromatic rings. The van der Waals surface area contributed by atoms with Gasteiger partial charge in [0.25, 0.3) is 0 Å². The van der Waals surface area contributed by atoms with Crippen molar-refractivity contribution in [3.05, 3.63) is 48.3 Å². The molecule has 0 unspecified atom stereocenters. The molecule has 0 aromatic heterocycles. The Labute approximate surface area is 99.9 Å². The lowest BCUT2D eigenvalue weighted by atomic mass is 10.2. The monoisotopic (exact) mass is 234 g/mol. The summed E-state index contributed by atoms with van der Waals surface area (Å²) in [6.07, 6.45) is 0. The van der Waals surface area contributed by atoms with Crippen molar-refractivity contribution in [1.29, 1.82) is 0 Å². The molecule has 1 aromatic carbocycles. The van der Waals surface area contributed by atoms with E-state index in [1.807, 2.05) is 41.6 Å². The third-order valence-electron chi connectivity index (χ3n) is 2.49. The summed E-state index contributed by atoms with van der Waals surface area (Å²) in [5.41, 5.74) is 1.18. The fraction of sp³-hybridized carbons (Fsp3) is 0.250. The Morgan fingerprint density at radius 1 is 1.31 bits per heavy atom. The third kappa shape index (κ3) is 2.07. The Bertz CT molecular complexity index is 405. The van der Waals surface area contributed by atoms with Gasteiger partial charge in [-0.1, -0.05) is 36.9 Å². The maximum atomic E-state index is 11.6. The Hall–Kier alpha value is -1.42. The van der Waals surface area contributed by atoms with E-state index in [1.165, 1.54) is 17.5 Å². The average molecular weight is 234 g/mol. The highest BCUT2D eigenvalue weighted by molar-refractivity contribution is 8.12. The molecule has 1 amide bonds. The van der Waals surface area contributed by atoms with Crippen molar-refractivity contribution in [1.82, 2.24) is 9.21 Å². The van der Waals surface area contributed by atoms with Crippen molar-refractivity contribution in [3.8, 4) is 0 Å². The maximum absolute atomic E-state index is 11.6. The first-order valence-electron chi connectivity index (χ1n) is 5.22. The lowest BCUT2D eigenvalue weighted by Crippen LogP contribution is -2.23. The molecule has 2 rings (SSSR count). The SMILES string of the molecule is C=C1N(Cc2ccccc2)SC(=O)N1CC. The lowest BCUT2D eigenvalue weighted by molar-refractivity contribution is 0.236. The molecule has 1 heterocycles. The quantitative estimate of drug-likeness (QED) is 0.751. The summed E-state index contributed by atoms with van der Waals surface area (Å²) in [5.74, 6) is 0.779. The van der Waals surface area contributed by atoms with E-state index in [9.17, 15) is 4.79 Å². The van der Waals surface area contributed by atoms with Crippen molar-refractivity contribution >= 4 is 17.2 Å². The number of benzene rings is 1. The zero-order valence-electron chi connectivity index (χ0n) is 9.22. The van der Waals surface area contributed by atoms with Crippen LogP contribution in [0.15, 0.2) is 42.7 Å². The van der Waals surface area contributed by atoms with Gasteiger partial charge in [-0.3, -0.25) is 14.0 Å². The Morgan fingerprint density at radius 2 is 2.00 bits per heavy atom. The van der Waals surface area contributed by atoms with Crippen LogP contribution in [0.5, 0.6) is 0 Å². The smallest absolute Gasteiger partial charge is 0.290 e. The number of carbonyl (C=O) groups is 1. The van der Waals surface area contributed by atoms with E-state index in [0.717, 1.165) is 5.82 Å². The van der Waals surface area contributed by atoms with Gasteiger partial charge in [0, 0.05) is 6.54 Å². The molecule has 1 aliphatic heterocycles. The molecule has 0 radical (unpaired) electrons. The zero-order chi connectivity index (χ0) is 11.5. The number of amides is 1. The molecule has 16 heavy (non-hydrogen) atoms. The summed E-state index contributed by atoms with van der Waals surface area (Å²) < 4.78 is 1.93. The standard InChI is InChI=1S/C12H14N2OS/c1-3-13-10(2)14(16-12(13)15)9-11-7-5-4-6-8-11/h4-8H,2-3,9H2,1H3. The molecule has 0 bridgehead atoms. The van der Waals surface area contributed by atoms with Gasteiger partial charge in [0.05, 0.1) is 18.5 Å². The number of carbonyl (C=O) groups excluding carboxylic acids is 1. The summed E-state index contributed by atoms with van der Waals surface area (Å²) in [6, 6.07) is 10.1. The second kappa shape index (κ2) is 4.61. The average Bonchev–Trinajstić information content (AvgIpc) is 2.55. The summed E-state index contributed by atoms with van der Waals surface area (Å²) >= 11 is 1.22. The van der Waals surface area contributed by atoms with Gasteiger partial charge < -0.3 is 0 Å². The van der Waals surface area contributed by atoms with Gasteiger partial charge >= 0.3 is 5.24 Å². The number of nitrogens with zero attached hydrogens (tertiary/aromatic N) is 2. The van der Waals surface area contributed by atoms with E-state index in [-0.39, 0.29) is 5.24 Å². The van der Waals surface area contributed by atoms with Crippen LogP contribution in [0.4, 0.5) is 4.79 Å². The molecule has 1 fully saturated rings. The van der Waals surface area contributed by atoms with Gasteiger partial charge in [0.1, 0.15) is 5.82 Å². The van der Waals surface area contributed by atoms with E-state index >= 15 is 0 Å². The normalized spacial score (nSPS) is 16.1. The molecule has 84 valence electrons. The van der Waals surface area contributed by atoms with Gasteiger partial charge in [-0.25, -0.2) is 0 Å². The topological polar surface area (TPSA) is 23.6 Å². The van der Waals surface area contributed by atoms with Crippen LogP contribution in [0.1, 0.15) is 12.5 Å². The molecule has 0 N–H and O–H groups in total. The van der Waals surface area contributed by atoms with Gasteiger partial charge in [-0.15, -0.1) is 0 Å². The van der Waals surface area contributed by atoms with Crippen LogP contribution >= 0.6 is 11.9 Å². The molecule has 0 saturated carbocycles. The minimum absolute atomic E-state index is 0.0587. The predicted octanol–water partition coefficient (Wildman–Crippen LogP) is 3.06. The highest BCUT2D eigenvalue weighted by atomic mass is 32.2. The van der Waals surface area contributed by atoms with Gasteiger partial charge in [-0.2, -0.15) is 0 Å². The highest BCUT2D eigenvalue weighted by Gasteiger charge is 2.31. The summed E-state index contributed by atoms with van der Waals surface area (Å²) in [4.78, 5) is 13.3. The van der Waals surface area contributed by atoms with Crippen LogP contribution in [-0.4, -0.2) is 21.0 Å². The van der Waals surface area contributed by atoms with Crippen molar-refractivity contribution in [2.75, 3.05) is 6.54 Å². The molecule has 4 heteroatoms. The largest absolute Gasteiger partial charge is 0.307 e. The van der Waals surface area contributed by atoms with E-state index in [2.05, 4.69) is 6.58 Å². The van der Waals surface area contributed by atoms with Crippen LogP contribution in [0.2, 0.25) is 0 Å². The van der Waals surface area contributed by atoms with Crippen molar-refractivity contribution in [2.45, 2.75) is 13.5 Å². The number of hydrogen-bond acceptors (Lipinski definition) is 3. The van der Waals surface area contributed by atoms with Crippen molar-refractivity contribution in [3.63, 3.8) is 0 Å². The lowest BCUT2D eigenvalue weighted by Gasteiger charge is -2.19. The van der Waals surface area contributed by atoms with Crippen molar-refractivity contribution < 1.29 is 4.79 Å². The Kier molecular flexibility index (Phi) is 3.19. The van der Waals surface area contributed by atoms with Crippen LogP contribution in [0.3, 0.4) is 0 Å². The fourth-order valence-corrected chi connectivity index (χ4v) is 2.56. The molecular weight excluding hydrogens is 220 g/mol. The third-order valence-corrected chi connectivity index (χ3v) is 3.43. The molecule has 1 aliphatic rings. The number of hydrogen-bond donors (Lipinski definition) is 0. The van der Waals surface area contributed by atoms with Gasteiger partial charge in [-0.05, 0) is 12.5 Å². The fourth-order valence-electron chi connectivity index (χ4n) is 1.62. The van der Waals surface area contributed by atoms with Crippen LogP contribution in [-0.2, 0) is 6.54 Å². The molecule has 0 aliphatic carbocycles. The van der Waals surface area contributed by atoms with E-state index < -0.39 is 0 Å². The van der Waals surface area contributed by atoms with Crippen LogP contribution < -0.4 is 0 Å². The second-order valence-electron chi connectivity index (χ2n) is 3.54. The predicted molar refractivity (Wildman–Crippen MR) is 66.5 cm³/mol. The Balaban J connectivity index is 2.08. The summed E-state index contributed by atoms with van der Waals surface area (Å²) in [6.45, 7) is 7.29.